The summed E-state index contributed by atoms with van der Waals surface area (Å²) in [6.45, 7) is 8.93. The number of carbonyl (C=O) groups excluding carboxylic acids is 1. The standard InChI is InChI=1S/C14H23N5O/c1-5-15-11-8-12(17-14(16-11)10(2)3)19-7-6-18(4)13(20)9-19/h8,10H,5-7,9H2,1-4H3,(H,15,16,17). The minimum Gasteiger partial charge on any atom is -0.370 e. The van der Waals surface area contributed by atoms with E-state index in [4.69, 9.17) is 0 Å². The van der Waals surface area contributed by atoms with E-state index in [-0.39, 0.29) is 11.8 Å². The van der Waals surface area contributed by atoms with Crippen molar-refractivity contribution in [3.05, 3.63) is 11.9 Å². The molecule has 0 unspecified atom stereocenters. The first-order chi connectivity index (χ1) is 9.51. The lowest BCUT2D eigenvalue weighted by atomic mass is 10.2. The molecule has 1 amide bonds. The van der Waals surface area contributed by atoms with Gasteiger partial charge in [0.25, 0.3) is 0 Å². The maximum absolute atomic E-state index is 11.8. The van der Waals surface area contributed by atoms with Gasteiger partial charge < -0.3 is 15.1 Å². The highest BCUT2D eigenvalue weighted by Gasteiger charge is 2.23. The smallest absolute Gasteiger partial charge is 0.241 e. The number of nitrogens with one attached hydrogen (secondary N) is 1. The zero-order chi connectivity index (χ0) is 14.7. The Morgan fingerprint density at radius 1 is 1.35 bits per heavy atom. The molecule has 1 aliphatic heterocycles. The maximum Gasteiger partial charge on any atom is 0.241 e. The topological polar surface area (TPSA) is 61.4 Å². The number of hydrogen-bond donors (Lipinski definition) is 1. The Kier molecular flexibility index (Phi) is 4.42. The van der Waals surface area contributed by atoms with Crippen molar-refractivity contribution >= 4 is 17.5 Å². The van der Waals surface area contributed by atoms with E-state index in [0.29, 0.717) is 6.54 Å². The van der Waals surface area contributed by atoms with E-state index in [0.717, 1.165) is 37.1 Å². The van der Waals surface area contributed by atoms with Gasteiger partial charge in [-0.1, -0.05) is 13.8 Å². The molecule has 1 aromatic heterocycles. The number of nitrogens with zero attached hydrogens (tertiary/aromatic N) is 4. The molecule has 0 aromatic carbocycles. The van der Waals surface area contributed by atoms with Crippen molar-refractivity contribution in [2.24, 2.45) is 0 Å². The average Bonchev–Trinajstić information content (AvgIpc) is 2.42. The van der Waals surface area contributed by atoms with Crippen LogP contribution in [0.5, 0.6) is 0 Å². The monoisotopic (exact) mass is 277 g/mol. The first-order valence-electron chi connectivity index (χ1n) is 7.13. The van der Waals surface area contributed by atoms with E-state index in [1.807, 2.05) is 24.9 Å². The van der Waals surface area contributed by atoms with E-state index in [2.05, 4.69) is 29.1 Å². The summed E-state index contributed by atoms with van der Waals surface area (Å²) < 4.78 is 0. The Hall–Kier alpha value is -1.85. The normalized spacial score (nSPS) is 15.9. The zero-order valence-electron chi connectivity index (χ0n) is 12.7. The van der Waals surface area contributed by atoms with Crippen LogP contribution in [0.2, 0.25) is 0 Å². The minimum absolute atomic E-state index is 0.131. The lowest BCUT2D eigenvalue weighted by Gasteiger charge is -2.33. The number of piperazine rings is 1. The fourth-order valence-electron chi connectivity index (χ4n) is 2.10. The number of rotatable bonds is 4. The number of likely N-dealkylation sites (N-methyl/N-ethyl adjacent to an activating group) is 1. The second kappa shape index (κ2) is 6.07. The molecule has 1 aromatic rings. The number of anilines is 2. The third kappa shape index (κ3) is 3.18. The molecule has 2 heterocycles. The van der Waals surface area contributed by atoms with E-state index < -0.39 is 0 Å². The van der Waals surface area contributed by atoms with Crippen LogP contribution < -0.4 is 10.2 Å². The molecule has 6 nitrogen and oxygen atoms in total. The highest BCUT2D eigenvalue weighted by atomic mass is 16.2. The van der Waals surface area contributed by atoms with Crippen molar-refractivity contribution in [2.45, 2.75) is 26.7 Å². The molecular weight excluding hydrogens is 254 g/mol. The molecule has 0 aliphatic carbocycles. The predicted molar refractivity (Wildman–Crippen MR) is 80.1 cm³/mol. The van der Waals surface area contributed by atoms with Crippen molar-refractivity contribution in [1.29, 1.82) is 0 Å². The van der Waals surface area contributed by atoms with Gasteiger partial charge in [-0.15, -0.1) is 0 Å². The molecule has 6 heteroatoms. The van der Waals surface area contributed by atoms with Crippen LogP contribution in [0.1, 0.15) is 32.5 Å². The predicted octanol–water partition coefficient (Wildman–Crippen LogP) is 1.31. The first-order valence-corrected chi connectivity index (χ1v) is 7.13. The van der Waals surface area contributed by atoms with Gasteiger partial charge in [-0.3, -0.25) is 4.79 Å². The quantitative estimate of drug-likeness (QED) is 0.899. The summed E-state index contributed by atoms with van der Waals surface area (Å²) in [5.74, 6) is 2.86. The van der Waals surface area contributed by atoms with E-state index in [9.17, 15) is 4.79 Å². The fourth-order valence-corrected chi connectivity index (χ4v) is 2.10. The third-order valence-electron chi connectivity index (χ3n) is 3.39. The molecule has 0 radical (unpaired) electrons. The van der Waals surface area contributed by atoms with Crippen LogP contribution in [0, 0.1) is 0 Å². The summed E-state index contributed by atoms with van der Waals surface area (Å²) in [5, 5.41) is 3.23. The van der Waals surface area contributed by atoms with Gasteiger partial charge >= 0.3 is 0 Å². The van der Waals surface area contributed by atoms with Gasteiger partial charge in [0.1, 0.15) is 17.5 Å². The van der Waals surface area contributed by atoms with Gasteiger partial charge in [-0.25, -0.2) is 9.97 Å². The minimum atomic E-state index is 0.131. The summed E-state index contributed by atoms with van der Waals surface area (Å²) >= 11 is 0. The number of amides is 1. The Labute approximate surface area is 120 Å². The van der Waals surface area contributed by atoms with Gasteiger partial charge in [-0.2, -0.15) is 0 Å². The van der Waals surface area contributed by atoms with Crippen LogP contribution in [0.25, 0.3) is 0 Å². The number of hydrogen-bond acceptors (Lipinski definition) is 5. The highest BCUT2D eigenvalue weighted by Crippen LogP contribution is 2.21. The lowest BCUT2D eigenvalue weighted by molar-refractivity contribution is -0.129. The van der Waals surface area contributed by atoms with Crippen LogP contribution in [0.3, 0.4) is 0 Å². The largest absolute Gasteiger partial charge is 0.370 e. The molecule has 110 valence electrons. The summed E-state index contributed by atoms with van der Waals surface area (Å²) in [5.41, 5.74) is 0. The molecule has 0 bridgehead atoms. The molecule has 0 saturated carbocycles. The summed E-state index contributed by atoms with van der Waals surface area (Å²) in [4.78, 5) is 24.7. The number of carbonyl (C=O) groups is 1. The molecule has 0 spiro atoms. The van der Waals surface area contributed by atoms with Gasteiger partial charge in [0, 0.05) is 38.7 Å². The van der Waals surface area contributed by atoms with E-state index >= 15 is 0 Å². The van der Waals surface area contributed by atoms with Gasteiger partial charge in [-0.05, 0) is 6.92 Å². The molecule has 0 atom stereocenters. The second-order valence-electron chi connectivity index (χ2n) is 5.39. The molecule has 1 saturated heterocycles. The Morgan fingerprint density at radius 2 is 2.10 bits per heavy atom. The summed E-state index contributed by atoms with van der Waals surface area (Å²) in [7, 11) is 1.84. The van der Waals surface area contributed by atoms with Gasteiger partial charge in [0.15, 0.2) is 0 Å². The van der Waals surface area contributed by atoms with Crippen molar-refractivity contribution in [1.82, 2.24) is 14.9 Å². The summed E-state index contributed by atoms with van der Waals surface area (Å²) in [6.07, 6.45) is 0. The molecule has 1 aliphatic rings. The Bertz CT molecular complexity index is 488. The molecule has 1 N–H and O–H groups in total. The van der Waals surface area contributed by atoms with Crippen LogP contribution in [0.15, 0.2) is 6.07 Å². The average molecular weight is 277 g/mol. The zero-order valence-corrected chi connectivity index (χ0v) is 12.7. The van der Waals surface area contributed by atoms with E-state index in [1.54, 1.807) is 4.90 Å². The highest BCUT2D eigenvalue weighted by molar-refractivity contribution is 5.82. The first kappa shape index (κ1) is 14.6. The summed E-state index contributed by atoms with van der Waals surface area (Å²) in [6, 6.07) is 1.92. The Morgan fingerprint density at radius 3 is 2.70 bits per heavy atom. The fraction of sp³-hybridized carbons (Fsp3) is 0.643. The SMILES string of the molecule is CCNc1cc(N2CCN(C)C(=O)C2)nc(C(C)C)n1. The lowest BCUT2D eigenvalue weighted by Crippen LogP contribution is -2.48. The van der Waals surface area contributed by atoms with Crippen LogP contribution in [0.4, 0.5) is 11.6 Å². The van der Waals surface area contributed by atoms with Crippen molar-refractivity contribution in [3.8, 4) is 0 Å². The van der Waals surface area contributed by atoms with Crippen LogP contribution >= 0.6 is 0 Å². The molecule has 2 rings (SSSR count). The van der Waals surface area contributed by atoms with Crippen LogP contribution in [-0.2, 0) is 4.79 Å². The maximum atomic E-state index is 11.8. The van der Waals surface area contributed by atoms with Crippen molar-refractivity contribution in [2.75, 3.05) is 43.4 Å². The van der Waals surface area contributed by atoms with Crippen molar-refractivity contribution < 1.29 is 4.79 Å². The van der Waals surface area contributed by atoms with Gasteiger partial charge in [0.05, 0.1) is 6.54 Å². The third-order valence-corrected chi connectivity index (χ3v) is 3.39. The number of aromatic nitrogens is 2. The Balaban J connectivity index is 2.28. The molecular formula is C14H23N5O. The van der Waals surface area contributed by atoms with Crippen molar-refractivity contribution in [3.63, 3.8) is 0 Å². The van der Waals surface area contributed by atoms with Gasteiger partial charge in [0.2, 0.25) is 5.91 Å². The van der Waals surface area contributed by atoms with E-state index in [1.165, 1.54) is 0 Å². The molecule has 20 heavy (non-hydrogen) atoms. The molecule has 1 fully saturated rings. The van der Waals surface area contributed by atoms with Crippen LogP contribution in [-0.4, -0.2) is 54.0 Å². The second-order valence-corrected chi connectivity index (χ2v) is 5.39.